The Kier molecular flexibility index (Phi) is 5.96. The Morgan fingerprint density at radius 1 is 1.42 bits per heavy atom. The van der Waals surface area contributed by atoms with E-state index >= 15 is 0 Å². The molecule has 1 rings (SSSR count). The van der Waals surface area contributed by atoms with E-state index in [1.807, 2.05) is 13.8 Å². The summed E-state index contributed by atoms with van der Waals surface area (Å²) in [4.78, 5) is 11.9. The smallest absolute Gasteiger partial charge is 0.223 e. The van der Waals surface area contributed by atoms with Gasteiger partial charge in [-0.2, -0.15) is 0 Å². The van der Waals surface area contributed by atoms with Crippen molar-refractivity contribution in [2.45, 2.75) is 40.3 Å². The first-order valence-corrected chi connectivity index (χ1v) is 6.65. The Hall–Kier alpha value is -1.42. The molecule has 4 heteroatoms. The lowest BCUT2D eigenvalue weighted by Crippen LogP contribution is -2.32. The largest absolute Gasteiger partial charge is 0.392 e. The summed E-state index contributed by atoms with van der Waals surface area (Å²) < 4.78 is 13.2. The first kappa shape index (κ1) is 15.6. The molecule has 1 aromatic carbocycles. The number of halogens is 1. The highest BCUT2D eigenvalue weighted by Gasteiger charge is 2.18. The standard InChI is InChI=1S/C15H22FNO2/c1-4-10(2)11(3)15(19)17-8-12-5-6-14(16)13(7-12)9-18/h5-7,10-11,18H,4,8-9H2,1-3H3,(H,17,19). The van der Waals surface area contributed by atoms with E-state index in [0.29, 0.717) is 12.5 Å². The van der Waals surface area contributed by atoms with Crippen LogP contribution in [0.5, 0.6) is 0 Å². The second kappa shape index (κ2) is 7.24. The summed E-state index contributed by atoms with van der Waals surface area (Å²) in [6.07, 6.45) is 0.958. The third-order valence-electron chi connectivity index (χ3n) is 3.66. The molecule has 19 heavy (non-hydrogen) atoms. The summed E-state index contributed by atoms with van der Waals surface area (Å²) >= 11 is 0. The minimum atomic E-state index is -0.425. The molecule has 0 aromatic heterocycles. The van der Waals surface area contributed by atoms with Crippen molar-refractivity contribution in [2.75, 3.05) is 0 Å². The number of carbonyl (C=O) groups is 1. The van der Waals surface area contributed by atoms with Gasteiger partial charge in [-0.3, -0.25) is 4.79 Å². The molecule has 1 aromatic rings. The molecule has 0 spiro atoms. The highest BCUT2D eigenvalue weighted by atomic mass is 19.1. The molecule has 0 saturated heterocycles. The summed E-state index contributed by atoms with van der Waals surface area (Å²) in [5, 5.41) is 11.8. The molecule has 2 atom stereocenters. The van der Waals surface area contributed by atoms with Gasteiger partial charge in [0.1, 0.15) is 5.82 Å². The van der Waals surface area contributed by atoms with E-state index in [0.717, 1.165) is 12.0 Å². The van der Waals surface area contributed by atoms with Crippen molar-refractivity contribution in [3.63, 3.8) is 0 Å². The maximum absolute atomic E-state index is 13.2. The Labute approximate surface area is 113 Å². The van der Waals surface area contributed by atoms with Crippen molar-refractivity contribution in [1.82, 2.24) is 5.32 Å². The highest BCUT2D eigenvalue weighted by Crippen LogP contribution is 2.15. The predicted octanol–water partition coefficient (Wildman–Crippen LogP) is 2.62. The van der Waals surface area contributed by atoms with Crippen molar-refractivity contribution >= 4 is 5.91 Å². The van der Waals surface area contributed by atoms with Gasteiger partial charge in [0, 0.05) is 18.0 Å². The maximum Gasteiger partial charge on any atom is 0.223 e. The van der Waals surface area contributed by atoms with Gasteiger partial charge in [-0.05, 0) is 23.6 Å². The fourth-order valence-corrected chi connectivity index (χ4v) is 1.82. The van der Waals surface area contributed by atoms with Crippen LogP contribution in [0.3, 0.4) is 0 Å². The molecule has 0 aliphatic rings. The third-order valence-corrected chi connectivity index (χ3v) is 3.66. The number of aliphatic hydroxyl groups excluding tert-OH is 1. The van der Waals surface area contributed by atoms with Crippen LogP contribution in [0.1, 0.15) is 38.3 Å². The average molecular weight is 267 g/mol. The van der Waals surface area contributed by atoms with E-state index in [1.165, 1.54) is 6.07 Å². The SMILES string of the molecule is CCC(C)C(C)C(=O)NCc1ccc(F)c(CO)c1. The molecule has 0 heterocycles. The number of hydrogen-bond acceptors (Lipinski definition) is 2. The summed E-state index contributed by atoms with van der Waals surface area (Å²) in [7, 11) is 0. The molecular weight excluding hydrogens is 245 g/mol. The van der Waals surface area contributed by atoms with E-state index in [4.69, 9.17) is 5.11 Å². The van der Waals surface area contributed by atoms with Gasteiger partial charge in [-0.15, -0.1) is 0 Å². The molecule has 0 saturated carbocycles. The van der Waals surface area contributed by atoms with Gasteiger partial charge >= 0.3 is 0 Å². The Morgan fingerprint density at radius 3 is 2.68 bits per heavy atom. The van der Waals surface area contributed by atoms with E-state index in [-0.39, 0.29) is 24.0 Å². The number of amides is 1. The molecule has 0 aliphatic carbocycles. The van der Waals surface area contributed by atoms with Crippen molar-refractivity contribution in [1.29, 1.82) is 0 Å². The summed E-state index contributed by atoms with van der Waals surface area (Å²) in [6, 6.07) is 4.50. The lowest BCUT2D eigenvalue weighted by Gasteiger charge is -2.17. The van der Waals surface area contributed by atoms with E-state index in [9.17, 15) is 9.18 Å². The van der Waals surface area contributed by atoms with Crippen LogP contribution in [0.15, 0.2) is 18.2 Å². The molecule has 106 valence electrons. The molecule has 0 aliphatic heterocycles. The zero-order valence-electron chi connectivity index (χ0n) is 11.7. The van der Waals surface area contributed by atoms with Crippen LogP contribution in [0.2, 0.25) is 0 Å². The number of rotatable bonds is 6. The lowest BCUT2D eigenvalue weighted by atomic mass is 9.93. The predicted molar refractivity (Wildman–Crippen MR) is 72.8 cm³/mol. The van der Waals surface area contributed by atoms with Gasteiger partial charge < -0.3 is 10.4 Å². The van der Waals surface area contributed by atoms with E-state index < -0.39 is 5.82 Å². The van der Waals surface area contributed by atoms with Crippen LogP contribution >= 0.6 is 0 Å². The zero-order valence-corrected chi connectivity index (χ0v) is 11.7. The highest BCUT2D eigenvalue weighted by molar-refractivity contribution is 5.78. The van der Waals surface area contributed by atoms with Gasteiger partial charge in [0.05, 0.1) is 6.61 Å². The van der Waals surface area contributed by atoms with Crippen molar-refractivity contribution < 1.29 is 14.3 Å². The Bertz CT molecular complexity index is 434. The monoisotopic (exact) mass is 267 g/mol. The van der Waals surface area contributed by atoms with Crippen LogP contribution in [-0.2, 0) is 17.9 Å². The minimum Gasteiger partial charge on any atom is -0.392 e. The van der Waals surface area contributed by atoms with Gasteiger partial charge in [0.2, 0.25) is 5.91 Å². The zero-order chi connectivity index (χ0) is 14.4. The summed E-state index contributed by atoms with van der Waals surface area (Å²) in [6.45, 7) is 6.03. The topological polar surface area (TPSA) is 49.3 Å². The van der Waals surface area contributed by atoms with Crippen LogP contribution in [0, 0.1) is 17.7 Å². The maximum atomic E-state index is 13.2. The fourth-order valence-electron chi connectivity index (χ4n) is 1.82. The van der Waals surface area contributed by atoms with E-state index in [2.05, 4.69) is 12.2 Å². The van der Waals surface area contributed by atoms with Crippen molar-refractivity contribution in [3.8, 4) is 0 Å². The quantitative estimate of drug-likeness (QED) is 0.832. The average Bonchev–Trinajstić information content (AvgIpc) is 2.44. The van der Waals surface area contributed by atoms with Gasteiger partial charge in [-0.1, -0.05) is 33.3 Å². The number of benzene rings is 1. The number of hydrogen-bond donors (Lipinski definition) is 2. The number of carbonyl (C=O) groups excluding carboxylic acids is 1. The van der Waals surface area contributed by atoms with E-state index in [1.54, 1.807) is 12.1 Å². The Morgan fingerprint density at radius 2 is 2.11 bits per heavy atom. The van der Waals surface area contributed by atoms with Gasteiger partial charge in [-0.25, -0.2) is 4.39 Å². The van der Waals surface area contributed by atoms with Crippen LogP contribution in [0.25, 0.3) is 0 Å². The summed E-state index contributed by atoms with van der Waals surface area (Å²) in [5.74, 6) is -0.126. The molecule has 0 radical (unpaired) electrons. The van der Waals surface area contributed by atoms with Crippen LogP contribution < -0.4 is 5.32 Å². The minimum absolute atomic E-state index is 0.00391. The fraction of sp³-hybridized carbons (Fsp3) is 0.533. The molecule has 1 amide bonds. The van der Waals surface area contributed by atoms with Crippen LogP contribution in [0.4, 0.5) is 4.39 Å². The summed E-state index contributed by atoms with van der Waals surface area (Å²) in [5.41, 5.74) is 1.04. The normalized spacial score (nSPS) is 13.9. The molecule has 2 unspecified atom stereocenters. The van der Waals surface area contributed by atoms with Gasteiger partial charge in [0.15, 0.2) is 0 Å². The lowest BCUT2D eigenvalue weighted by molar-refractivity contribution is -0.126. The molecule has 3 nitrogen and oxygen atoms in total. The second-order valence-corrected chi connectivity index (χ2v) is 4.98. The first-order valence-electron chi connectivity index (χ1n) is 6.65. The number of aliphatic hydroxyl groups is 1. The molecule has 2 N–H and O–H groups in total. The molecular formula is C15H22FNO2. The van der Waals surface area contributed by atoms with Crippen molar-refractivity contribution in [3.05, 3.63) is 35.1 Å². The van der Waals surface area contributed by atoms with Crippen molar-refractivity contribution in [2.24, 2.45) is 11.8 Å². The van der Waals surface area contributed by atoms with Gasteiger partial charge in [0.25, 0.3) is 0 Å². The third kappa shape index (κ3) is 4.31. The molecule has 0 fully saturated rings. The molecule has 0 bridgehead atoms. The van der Waals surface area contributed by atoms with Crippen LogP contribution in [-0.4, -0.2) is 11.0 Å². The second-order valence-electron chi connectivity index (χ2n) is 4.98. The first-order chi connectivity index (χ1) is 8.99. The Balaban J connectivity index is 2.59. The number of nitrogens with one attached hydrogen (secondary N) is 1.